The second-order valence-electron chi connectivity index (χ2n) is 6.53. The molecule has 0 aromatic heterocycles. The summed E-state index contributed by atoms with van der Waals surface area (Å²) >= 11 is 0. The second kappa shape index (κ2) is 8.16. The fraction of sp³-hybridized carbons (Fsp3) is 0.174. The third kappa shape index (κ3) is 3.92. The highest BCUT2D eigenvalue weighted by Crippen LogP contribution is 2.39. The Morgan fingerprint density at radius 3 is 2.07 bits per heavy atom. The van der Waals surface area contributed by atoms with Gasteiger partial charge in [0.15, 0.2) is 0 Å². The van der Waals surface area contributed by atoms with E-state index in [-0.39, 0.29) is 11.6 Å². The summed E-state index contributed by atoms with van der Waals surface area (Å²) in [5.41, 5.74) is 0.725. The van der Waals surface area contributed by atoms with Gasteiger partial charge in [0.1, 0.15) is 5.60 Å². The van der Waals surface area contributed by atoms with Crippen LogP contribution in [0.4, 0.5) is 0 Å². The van der Waals surface area contributed by atoms with E-state index in [1.54, 1.807) is 18.2 Å². The minimum Gasteiger partial charge on any atom is -0.478 e. The Morgan fingerprint density at radius 1 is 0.926 bits per heavy atom. The van der Waals surface area contributed by atoms with Gasteiger partial charge in [0, 0.05) is 18.0 Å². The van der Waals surface area contributed by atoms with Crippen LogP contribution in [0.5, 0.6) is 0 Å². The van der Waals surface area contributed by atoms with Crippen molar-refractivity contribution >= 4 is 5.97 Å². The first-order chi connectivity index (χ1) is 13.1. The summed E-state index contributed by atoms with van der Waals surface area (Å²) < 4.78 is 0. The van der Waals surface area contributed by atoms with Gasteiger partial charge in [-0.1, -0.05) is 78.9 Å². The minimum absolute atomic E-state index is 0.103. The van der Waals surface area contributed by atoms with E-state index in [0.717, 1.165) is 5.56 Å². The Labute approximate surface area is 159 Å². The molecule has 27 heavy (non-hydrogen) atoms. The van der Waals surface area contributed by atoms with Crippen molar-refractivity contribution in [2.24, 2.45) is 0 Å². The highest BCUT2D eigenvalue weighted by molar-refractivity contribution is 5.90. The molecule has 4 heteroatoms. The van der Waals surface area contributed by atoms with Gasteiger partial charge in [0.25, 0.3) is 0 Å². The van der Waals surface area contributed by atoms with Gasteiger partial charge in [-0.2, -0.15) is 0 Å². The van der Waals surface area contributed by atoms with Crippen LogP contribution in [0, 0.1) is 0 Å². The van der Waals surface area contributed by atoms with Crippen LogP contribution in [0.25, 0.3) is 0 Å². The van der Waals surface area contributed by atoms with E-state index < -0.39 is 11.6 Å². The van der Waals surface area contributed by atoms with Crippen molar-refractivity contribution in [1.82, 2.24) is 5.32 Å². The van der Waals surface area contributed by atoms with Gasteiger partial charge < -0.3 is 15.5 Å². The molecular weight excluding hydrogens is 338 g/mol. The fourth-order valence-corrected chi connectivity index (χ4v) is 3.49. The number of rotatable bonds is 7. The van der Waals surface area contributed by atoms with E-state index in [4.69, 9.17) is 0 Å². The Hall–Kier alpha value is -2.95. The molecule has 0 saturated heterocycles. The first kappa shape index (κ1) is 18.8. The first-order valence-electron chi connectivity index (χ1n) is 8.89. The van der Waals surface area contributed by atoms with Crippen LogP contribution >= 0.6 is 0 Å². The Kier molecular flexibility index (Phi) is 5.69. The Balaban J connectivity index is 2.14. The maximum atomic E-state index is 11.8. The summed E-state index contributed by atoms with van der Waals surface area (Å²) in [6.45, 7) is 0. The molecule has 0 fully saturated rings. The summed E-state index contributed by atoms with van der Waals surface area (Å²) in [7, 11) is 1.84. The van der Waals surface area contributed by atoms with Gasteiger partial charge in [0.2, 0.25) is 0 Å². The largest absolute Gasteiger partial charge is 0.478 e. The monoisotopic (exact) mass is 361 g/mol. The molecule has 0 amide bonds. The molecule has 3 aromatic carbocycles. The van der Waals surface area contributed by atoms with Gasteiger partial charge in [-0.25, -0.2) is 4.79 Å². The lowest BCUT2D eigenvalue weighted by Gasteiger charge is -2.34. The van der Waals surface area contributed by atoms with Crippen molar-refractivity contribution in [3.8, 4) is 0 Å². The number of nitrogens with one attached hydrogen (secondary N) is 1. The number of hydrogen-bond donors (Lipinski definition) is 3. The smallest absolute Gasteiger partial charge is 0.336 e. The maximum absolute atomic E-state index is 11.8. The van der Waals surface area contributed by atoms with Crippen molar-refractivity contribution in [3.63, 3.8) is 0 Å². The molecule has 0 saturated carbocycles. The highest BCUT2D eigenvalue weighted by Gasteiger charge is 2.37. The molecule has 0 aliphatic rings. The maximum Gasteiger partial charge on any atom is 0.336 e. The van der Waals surface area contributed by atoms with Crippen LogP contribution < -0.4 is 5.32 Å². The van der Waals surface area contributed by atoms with Crippen LogP contribution in [-0.4, -0.2) is 23.2 Å². The SMILES string of the molecule is CNC(CC(O)(c1ccccc1)c1ccccc1C(=O)O)c1ccccc1. The molecule has 0 bridgehead atoms. The topological polar surface area (TPSA) is 69.6 Å². The lowest BCUT2D eigenvalue weighted by Crippen LogP contribution is -2.34. The molecule has 0 heterocycles. The quantitative estimate of drug-likeness (QED) is 0.595. The van der Waals surface area contributed by atoms with Crippen molar-refractivity contribution in [2.75, 3.05) is 7.05 Å². The number of aliphatic hydroxyl groups is 1. The van der Waals surface area contributed by atoms with E-state index in [0.29, 0.717) is 17.5 Å². The number of carbonyl (C=O) groups is 1. The predicted octanol–water partition coefficient (Wildman–Crippen LogP) is 3.97. The lowest BCUT2D eigenvalue weighted by atomic mass is 9.78. The van der Waals surface area contributed by atoms with Gasteiger partial charge in [-0.15, -0.1) is 0 Å². The molecule has 2 atom stereocenters. The first-order valence-corrected chi connectivity index (χ1v) is 8.89. The van der Waals surface area contributed by atoms with E-state index in [2.05, 4.69) is 5.32 Å². The summed E-state index contributed by atoms with van der Waals surface area (Å²) in [5.74, 6) is -1.05. The third-order valence-corrected chi connectivity index (χ3v) is 4.90. The number of hydrogen-bond acceptors (Lipinski definition) is 3. The molecule has 0 spiro atoms. The zero-order valence-electron chi connectivity index (χ0n) is 15.2. The Morgan fingerprint density at radius 2 is 1.48 bits per heavy atom. The van der Waals surface area contributed by atoms with Gasteiger partial charge >= 0.3 is 5.97 Å². The van der Waals surface area contributed by atoms with Crippen LogP contribution in [0.1, 0.15) is 39.5 Å². The number of carboxylic acid groups (broad SMARTS) is 1. The summed E-state index contributed by atoms with van der Waals surface area (Å²) in [4.78, 5) is 11.8. The second-order valence-corrected chi connectivity index (χ2v) is 6.53. The van der Waals surface area contributed by atoms with Crippen LogP contribution in [0.3, 0.4) is 0 Å². The molecule has 3 N–H and O–H groups in total. The zero-order chi connectivity index (χ0) is 19.3. The fourth-order valence-electron chi connectivity index (χ4n) is 3.49. The normalized spacial score (nSPS) is 14.3. The van der Waals surface area contributed by atoms with Crippen molar-refractivity contribution < 1.29 is 15.0 Å². The molecule has 4 nitrogen and oxygen atoms in total. The lowest BCUT2D eigenvalue weighted by molar-refractivity contribution is 0.0536. The standard InChI is InChI=1S/C23H23NO3/c1-24-21(17-10-4-2-5-11-17)16-23(27,18-12-6-3-7-13-18)20-15-9-8-14-19(20)22(25)26/h2-15,21,24,27H,16H2,1H3,(H,25,26). The molecule has 0 radical (unpaired) electrons. The summed E-state index contributed by atoms with van der Waals surface area (Å²) in [6, 6.07) is 25.6. The number of aromatic carboxylic acids is 1. The van der Waals surface area contributed by atoms with Gasteiger partial charge in [-0.05, 0) is 24.2 Å². The third-order valence-electron chi connectivity index (χ3n) is 4.90. The molecule has 3 rings (SSSR count). The van der Waals surface area contributed by atoms with Crippen LogP contribution in [0.2, 0.25) is 0 Å². The Bertz CT molecular complexity index is 896. The van der Waals surface area contributed by atoms with Crippen LogP contribution in [-0.2, 0) is 5.60 Å². The summed E-state index contributed by atoms with van der Waals surface area (Å²) in [6.07, 6.45) is 0.293. The van der Waals surface area contributed by atoms with E-state index in [9.17, 15) is 15.0 Å². The summed E-state index contributed by atoms with van der Waals surface area (Å²) in [5, 5.41) is 24.8. The number of benzene rings is 3. The van der Waals surface area contributed by atoms with E-state index in [1.807, 2.05) is 67.7 Å². The zero-order valence-corrected chi connectivity index (χ0v) is 15.2. The predicted molar refractivity (Wildman–Crippen MR) is 106 cm³/mol. The van der Waals surface area contributed by atoms with E-state index in [1.165, 1.54) is 6.07 Å². The molecule has 3 aromatic rings. The number of carboxylic acids is 1. The van der Waals surface area contributed by atoms with E-state index >= 15 is 0 Å². The minimum atomic E-state index is -1.46. The molecule has 138 valence electrons. The van der Waals surface area contributed by atoms with Crippen molar-refractivity contribution in [2.45, 2.75) is 18.1 Å². The van der Waals surface area contributed by atoms with Gasteiger partial charge in [0.05, 0.1) is 5.56 Å². The van der Waals surface area contributed by atoms with Crippen LogP contribution in [0.15, 0.2) is 84.9 Å². The van der Waals surface area contributed by atoms with Crippen molar-refractivity contribution in [3.05, 3.63) is 107 Å². The molecular formula is C23H23NO3. The molecule has 0 aliphatic heterocycles. The average molecular weight is 361 g/mol. The van der Waals surface area contributed by atoms with Crippen molar-refractivity contribution in [1.29, 1.82) is 0 Å². The molecule has 2 unspecified atom stereocenters. The average Bonchev–Trinajstić information content (AvgIpc) is 2.73. The van der Waals surface area contributed by atoms with Gasteiger partial charge in [-0.3, -0.25) is 0 Å². The molecule has 0 aliphatic carbocycles. The highest BCUT2D eigenvalue weighted by atomic mass is 16.4.